The quantitative estimate of drug-likeness (QED) is 0.638. The van der Waals surface area contributed by atoms with E-state index in [0.717, 1.165) is 0 Å². The number of anilines is 1. The molecule has 0 aliphatic carbocycles. The maximum Gasteiger partial charge on any atom is 0.252 e. The lowest BCUT2D eigenvalue weighted by molar-refractivity contribution is -0.118. The number of hydrogen-bond acceptors (Lipinski definition) is 3. The van der Waals surface area contributed by atoms with E-state index in [1.54, 1.807) is 48.5 Å². The molecule has 142 valence electrons. The first-order valence-corrected chi connectivity index (χ1v) is 8.98. The van der Waals surface area contributed by atoms with E-state index >= 15 is 0 Å². The predicted octanol–water partition coefficient (Wildman–Crippen LogP) is 3.09. The van der Waals surface area contributed by atoms with Crippen molar-refractivity contribution >= 4 is 35.0 Å². The molecule has 0 heterocycles. The summed E-state index contributed by atoms with van der Waals surface area (Å²) in [5.74, 6) is -0.751. The zero-order valence-electron chi connectivity index (χ0n) is 15.2. The Morgan fingerprint density at radius 1 is 0.889 bits per heavy atom. The lowest BCUT2D eigenvalue weighted by atomic mass is 10.1. The first-order chi connectivity index (χ1) is 12.9. The van der Waals surface area contributed by atoms with Crippen LogP contribution in [0.25, 0.3) is 0 Å². The van der Waals surface area contributed by atoms with E-state index in [1.165, 1.54) is 0 Å². The zero-order chi connectivity index (χ0) is 19.8. The van der Waals surface area contributed by atoms with Gasteiger partial charge in [0.2, 0.25) is 5.91 Å². The zero-order valence-corrected chi connectivity index (χ0v) is 16.0. The maximum absolute atomic E-state index is 12.1. The molecule has 3 amide bonds. The molecule has 0 bridgehead atoms. The van der Waals surface area contributed by atoms with Crippen LogP contribution in [-0.2, 0) is 4.79 Å². The van der Waals surface area contributed by atoms with E-state index in [4.69, 9.17) is 11.6 Å². The van der Waals surface area contributed by atoms with Crippen molar-refractivity contribution in [1.82, 2.24) is 10.6 Å². The molecule has 0 radical (unpaired) electrons. The van der Waals surface area contributed by atoms with Gasteiger partial charge in [0.15, 0.2) is 0 Å². The highest BCUT2D eigenvalue weighted by Gasteiger charge is 2.10. The number of nitrogens with one attached hydrogen (secondary N) is 3. The van der Waals surface area contributed by atoms with Gasteiger partial charge in [0.25, 0.3) is 11.8 Å². The fourth-order valence-electron chi connectivity index (χ4n) is 2.19. The molecule has 0 aliphatic heterocycles. The summed E-state index contributed by atoms with van der Waals surface area (Å²) >= 11 is 5.97. The highest BCUT2D eigenvalue weighted by atomic mass is 35.5. The molecule has 0 aromatic heterocycles. The third-order valence-electron chi connectivity index (χ3n) is 3.75. The summed E-state index contributed by atoms with van der Waals surface area (Å²) in [6, 6.07) is 13.4. The van der Waals surface area contributed by atoms with E-state index in [1.807, 2.05) is 13.8 Å². The third-order valence-corrected chi connectivity index (χ3v) is 4.08. The van der Waals surface area contributed by atoms with Gasteiger partial charge < -0.3 is 16.0 Å². The van der Waals surface area contributed by atoms with E-state index in [9.17, 15) is 14.4 Å². The molecule has 0 unspecified atom stereocenters. The Bertz CT molecular complexity index is 819. The molecular formula is C20H22ClN3O3. The van der Waals surface area contributed by atoms with Gasteiger partial charge in [-0.1, -0.05) is 37.6 Å². The lowest BCUT2D eigenvalue weighted by Gasteiger charge is -2.10. The molecule has 0 saturated carbocycles. The minimum atomic E-state index is -0.292. The summed E-state index contributed by atoms with van der Waals surface area (Å²) in [5.41, 5.74) is 1.50. The Morgan fingerprint density at radius 3 is 2.07 bits per heavy atom. The van der Waals surface area contributed by atoms with Gasteiger partial charge in [0.1, 0.15) is 0 Å². The van der Waals surface area contributed by atoms with Gasteiger partial charge in [-0.25, -0.2) is 0 Å². The monoisotopic (exact) mass is 387 g/mol. The van der Waals surface area contributed by atoms with Crippen LogP contribution in [0.3, 0.4) is 0 Å². The second kappa shape index (κ2) is 9.73. The summed E-state index contributed by atoms with van der Waals surface area (Å²) in [4.78, 5) is 35.8. The highest BCUT2D eigenvalue weighted by Crippen LogP contribution is 2.14. The first kappa shape index (κ1) is 20.5. The van der Waals surface area contributed by atoms with Crippen LogP contribution >= 0.6 is 11.6 Å². The smallest absolute Gasteiger partial charge is 0.252 e. The Balaban J connectivity index is 1.78. The normalized spacial score (nSPS) is 10.4. The minimum Gasteiger partial charge on any atom is -0.350 e. The second-order valence-electron chi connectivity index (χ2n) is 6.21. The second-order valence-corrected chi connectivity index (χ2v) is 6.62. The standard InChI is InChI=1S/C20H22ClN3O3/c1-13(2)18(25)24-15-9-7-14(8-10-15)19(26)22-11-12-23-20(27)16-5-3-4-6-17(16)21/h3-10,13H,11-12H2,1-2H3,(H,22,26)(H,23,27)(H,24,25). The number of rotatable bonds is 7. The first-order valence-electron chi connectivity index (χ1n) is 8.60. The number of amides is 3. The van der Waals surface area contributed by atoms with Gasteiger partial charge in [-0.15, -0.1) is 0 Å². The fourth-order valence-corrected chi connectivity index (χ4v) is 2.41. The van der Waals surface area contributed by atoms with E-state index < -0.39 is 0 Å². The van der Waals surface area contributed by atoms with Crippen LogP contribution in [0, 0.1) is 5.92 Å². The minimum absolute atomic E-state index is 0.0820. The molecule has 6 nitrogen and oxygen atoms in total. The Hall–Kier alpha value is -2.86. The molecule has 0 fully saturated rings. The summed E-state index contributed by atoms with van der Waals surface area (Å²) in [6.45, 7) is 4.17. The number of halogens is 1. The Labute approximate surface area is 163 Å². The van der Waals surface area contributed by atoms with Gasteiger partial charge in [-0.05, 0) is 36.4 Å². The molecule has 2 rings (SSSR count). The van der Waals surface area contributed by atoms with E-state index in [0.29, 0.717) is 21.8 Å². The van der Waals surface area contributed by atoms with Crippen molar-refractivity contribution in [2.75, 3.05) is 18.4 Å². The van der Waals surface area contributed by atoms with Crippen LogP contribution in [0.15, 0.2) is 48.5 Å². The van der Waals surface area contributed by atoms with Gasteiger partial charge in [-0.3, -0.25) is 14.4 Å². The molecule has 0 aliphatic rings. The summed E-state index contributed by atoms with van der Waals surface area (Å²) in [7, 11) is 0. The van der Waals surface area contributed by atoms with Crippen LogP contribution in [0.2, 0.25) is 5.02 Å². The Kier molecular flexibility index (Phi) is 7.37. The van der Waals surface area contributed by atoms with Crippen LogP contribution in [0.5, 0.6) is 0 Å². The molecule has 27 heavy (non-hydrogen) atoms. The number of carbonyl (C=O) groups excluding carboxylic acids is 3. The van der Waals surface area contributed by atoms with Crippen molar-refractivity contribution in [3.63, 3.8) is 0 Å². The van der Waals surface area contributed by atoms with Gasteiger partial charge in [-0.2, -0.15) is 0 Å². The average Bonchev–Trinajstić information content (AvgIpc) is 2.65. The summed E-state index contributed by atoms with van der Waals surface area (Å²) < 4.78 is 0. The van der Waals surface area contributed by atoms with Gasteiger partial charge in [0, 0.05) is 30.3 Å². The van der Waals surface area contributed by atoms with Crippen molar-refractivity contribution in [3.05, 3.63) is 64.7 Å². The maximum atomic E-state index is 12.1. The molecule has 2 aromatic rings. The predicted molar refractivity (Wildman–Crippen MR) is 106 cm³/mol. The summed E-state index contributed by atoms with van der Waals surface area (Å²) in [6.07, 6.45) is 0. The number of hydrogen-bond donors (Lipinski definition) is 3. The van der Waals surface area contributed by atoms with Gasteiger partial charge in [0.05, 0.1) is 10.6 Å². The van der Waals surface area contributed by atoms with Crippen molar-refractivity contribution in [2.24, 2.45) is 5.92 Å². The number of benzene rings is 2. The molecule has 0 spiro atoms. The van der Waals surface area contributed by atoms with Crippen LogP contribution in [0.1, 0.15) is 34.6 Å². The lowest BCUT2D eigenvalue weighted by Crippen LogP contribution is -2.34. The molecule has 3 N–H and O–H groups in total. The largest absolute Gasteiger partial charge is 0.350 e. The molecule has 0 atom stereocenters. The van der Waals surface area contributed by atoms with Gasteiger partial charge >= 0.3 is 0 Å². The molecule has 0 saturated heterocycles. The van der Waals surface area contributed by atoms with Crippen LogP contribution in [0.4, 0.5) is 5.69 Å². The Morgan fingerprint density at radius 2 is 1.48 bits per heavy atom. The van der Waals surface area contributed by atoms with Crippen LogP contribution in [-0.4, -0.2) is 30.8 Å². The third kappa shape index (κ3) is 6.11. The molecule has 2 aromatic carbocycles. The fraction of sp³-hybridized carbons (Fsp3) is 0.250. The molecule has 7 heteroatoms. The molecular weight excluding hydrogens is 366 g/mol. The number of carbonyl (C=O) groups is 3. The SMILES string of the molecule is CC(C)C(=O)Nc1ccc(C(=O)NCCNC(=O)c2ccccc2Cl)cc1. The highest BCUT2D eigenvalue weighted by molar-refractivity contribution is 6.33. The van der Waals surface area contributed by atoms with Crippen molar-refractivity contribution < 1.29 is 14.4 Å². The summed E-state index contributed by atoms with van der Waals surface area (Å²) in [5, 5.41) is 8.57. The van der Waals surface area contributed by atoms with E-state index in [-0.39, 0.29) is 36.7 Å². The van der Waals surface area contributed by atoms with Crippen molar-refractivity contribution in [1.29, 1.82) is 0 Å². The van der Waals surface area contributed by atoms with Crippen molar-refractivity contribution in [3.8, 4) is 0 Å². The topological polar surface area (TPSA) is 87.3 Å². The van der Waals surface area contributed by atoms with E-state index in [2.05, 4.69) is 16.0 Å². The van der Waals surface area contributed by atoms with Crippen LogP contribution < -0.4 is 16.0 Å². The van der Waals surface area contributed by atoms with Crippen molar-refractivity contribution in [2.45, 2.75) is 13.8 Å². The average molecular weight is 388 g/mol.